The second-order valence-corrected chi connectivity index (χ2v) is 5.63. The number of anilines is 1. The Morgan fingerprint density at radius 2 is 2.09 bits per heavy atom. The van der Waals surface area contributed by atoms with Crippen molar-refractivity contribution >= 4 is 23.4 Å². The standard InChI is InChI=1S/C15H13FN4O2S/c1-20-14(12-3-2-8-22-12)18-19-15(20)23-9-13(21)17-11-6-4-10(16)5-7-11/h2-8H,9H2,1H3,(H,17,21). The molecule has 2 heterocycles. The van der Waals surface area contributed by atoms with Crippen molar-refractivity contribution < 1.29 is 13.6 Å². The summed E-state index contributed by atoms with van der Waals surface area (Å²) in [5.74, 6) is 0.826. The first-order valence-electron chi connectivity index (χ1n) is 6.75. The van der Waals surface area contributed by atoms with E-state index in [1.165, 1.54) is 36.0 Å². The van der Waals surface area contributed by atoms with Gasteiger partial charge in [-0.1, -0.05) is 11.8 Å². The van der Waals surface area contributed by atoms with Gasteiger partial charge in [0.15, 0.2) is 16.7 Å². The predicted molar refractivity (Wildman–Crippen MR) is 84.5 cm³/mol. The van der Waals surface area contributed by atoms with Crippen LogP contribution in [-0.4, -0.2) is 26.4 Å². The van der Waals surface area contributed by atoms with Crippen LogP contribution in [0.2, 0.25) is 0 Å². The molecule has 3 aromatic rings. The Balaban J connectivity index is 1.60. The second-order valence-electron chi connectivity index (χ2n) is 4.69. The largest absolute Gasteiger partial charge is 0.461 e. The Bertz CT molecular complexity index is 800. The number of hydrogen-bond acceptors (Lipinski definition) is 5. The molecule has 1 N–H and O–H groups in total. The van der Waals surface area contributed by atoms with Crippen molar-refractivity contribution in [2.75, 3.05) is 11.1 Å². The van der Waals surface area contributed by atoms with E-state index in [2.05, 4.69) is 15.5 Å². The molecule has 118 valence electrons. The van der Waals surface area contributed by atoms with Gasteiger partial charge in [0.2, 0.25) is 5.91 Å². The molecule has 3 rings (SSSR count). The maximum Gasteiger partial charge on any atom is 0.234 e. The third-order valence-corrected chi connectivity index (χ3v) is 4.06. The van der Waals surface area contributed by atoms with Gasteiger partial charge in [0.05, 0.1) is 12.0 Å². The molecule has 0 atom stereocenters. The molecule has 0 aliphatic heterocycles. The van der Waals surface area contributed by atoms with E-state index in [1.807, 2.05) is 0 Å². The zero-order valence-electron chi connectivity index (χ0n) is 12.2. The van der Waals surface area contributed by atoms with Crippen LogP contribution in [0.5, 0.6) is 0 Å². The third-order valence-electron chi connectivity index (χ3n) is 3.04. The van der Waals surface area contributed by atoms with Gasteiger partial charge in [-0.3, -0.25) is 4.79 Å². The van der Waals surface area contributed by atoms with Gasteiger partial charge in [-0.25, -0.2) is 4.39 Å². The van der Waals surface area contributed by atoms with Gasteiger partial charge in [-0.2, -0.15) is 0 Å². The first-order chi connectivity index (χ1) is 11.1. The molecular weight excluding hydrogens is 319 g/mol. The molecule has 0 aliphatic carbocycles. The number of rotatable bonds is 5. The van der Waals surface area contributed by atoms with Crippen LogP contribution in [0.15, 0.2) is 52.2 Å². The van der Waals surface area contributed by atoms with Crippen LogP contribution in [0, 0.1) is 5.82 Å². The van der Waals surface area contributed by atoms with Gasteiger partial charge in [-0.15, -0.1) is 10.2 Å². The average Bonchev–Trinajstić information content (AvgIpc) is 3.17. The van der Waals surface area contributed by atoms with Crippen molar-refractivity contribution in [2.45, 2.75) is 5.16 Å². The number of hydrogen-bond donors (Lipinski definition) is 1. The lowest BCUT2D eigenvalue weighted by molar-refractivity contribution is -0.113. The monoisotopic (exact) mass is 332 g/mol. The molecular formula is C15H13FN4O2S. The van der Waals surface area contributed by atoms with E-state index in [0.717, 1.165) is 0 Å². The van der Waals surface area contributed by atoms with Crippen molar-refractivity contribution in [3.63, 3.8) is 0 Å². The van der Waals surface area contributed by atoms with Crippen molar-refractivity contribution in [1.29, 1.82) is 0 Å². The molecule has 23 heavy (non-hydrogen) atoms. The van der Waals surface area contributed by atoms with Crippen molar-refractivity contribution in [3.05, 3.63) is 48.5 Å². The summed E-state index contributed by atoms with van der Waals surface area (Å²) < 4.78 is 19.9. The zero-order chi connectivity index (χ0) is 16.2. The summed E-state index contributed by atoms with van der Waals surface area (Å²) in [5.41, 5.74) is 0.547. The number of aromatic nitrogens is 3. The van der Waals surface area contributed by atoms with Gasteiger partial charge in [0, 0.05) is 12.7 Å². The summed E-state index contributed by atoms with van der Waals surface area (Å²) in [5, 5.41) is 11.4. The minimum atomic E-state index is -0.345. The number of halogens is 1. The molecule has 1 amide bonds. The van der Waals surface area contributed by atoms with Gasteiger partial charge in [0.1, 0.15) is 5.82 Å². The highest BCUT2D eigenvalue weighted by Gasteiger charge is 2.14. The Hall–Kier alpha value is -2.61. The van der Waals surface area contributed by atoms with Crippen LogP contribution < -0.4 is 5.32 Å². The van der Waals surface area contributed by atoms with E-state index >= 15 is 0 Å². The Kier molecular flexibility index (Phi) is 4.42. The van der Waals surface area contributed by atoms with Crippen LogP contribution in [0.25, 0.3) is 11.6 Å². The smallest absolute Gasteiger partial charge is 0.234 e. The number of benzene rings is 1. The highest BCUT2D eigenvalue weighted by molar-refractivity contribution is 7.99. The van der Waals surface area contributed by atoms with Crippen molar-refractivity contribution in [1.82, 2.24) is 14.8 Å². The van der Waals surface area contributed by atoms with Gasteiger partial charge in [0.25, 0.3) is 0 Å². The van der Waals surface area contributed by atoms with Crippen molar-refractivity contribution in [3.8, 4) is 11.6 Å². The molecule has 6 nitrogen and oxygen atoms in total. The highest BCUT2D eigenvalue weighted by atomic mass is 32.2. The second kappa shape index (κ2) is 6.66. The average molecular weight is 332 g/mol. The molecule has 0 fully saturated rings. The number of carbonyl (C=O) groups is 1. The Morgan fingerprint density at radius 3 is 2.78 bits per heavy atom. The minimum absolute atomic E-state index is 0.168. The summed E-state index contributed by atoms with van der Waals surface area (Å²) in [6.07, 6.45) is 1.56. The quantitative estimate of drug-likeness (QED) is 0.727. The minimum Gasteiger partial charge on any atom is -0.461 e. The molecule has 0 spiro atoms. The molecule has 0 saturated carbocycles. The van der Waals surface area contributed by atoms with Crippen LogP contribution in [-0.2, 0) is 11.8 Å². The van der Waals surface area contributed by atoms with Crippen molar-refractivity contribution in [2.24, 2.45) is 7.05 Å². The van der Waals surface area contributed by atoms with Crippen LogP contribution in [0.3, 0.4) is 0 Å². The van der Waals surface area contributed by atoms with E-state index in [9.17, 15) is 9.18 Å². The Morgan fingerprint density at radius 1 is 1.30 bits per heavy atom. The normalized spacial score (nSPS) is 10.7. The van der Waals surface area contributed by atoms with Gasteiger partial charge in [-0.05, 0) is 36.4 Å². The Labute approximate surface area is 135 Å². The topological polar surface area (TPSA) is 73.0 Å². The summed E-state index contributed by atoms with van der Waals surface area (Å²) in [6, 6.07) is 9.17. The maximum absolute atomic E-state index is 12.8. The lowest BCUT2D eigenvalue weighted by atomic mass is 10.3. The van der Waals surface area contributed by atoms with Crippen LogP contribution in [0.1, 0.15) is 0 Å². The van der Waals surface area contributed by atoms with E-state index in [0.29, 0.717) is 22.4 Å². The number of carbonyl (C=O) groups excluding carboxylic acids is 1. The molecule has 0 bridgehead atoms. The summed E-state index contributed by atoms with van der Waals surface area (Å²) in [6.45, 7) is 0. The predicted octanol–water partition coefficient (Wildman–Crippen LogP) is 2.95. The first kappa shape index (κ1) is 15.3. The third kappa shape index (κ3) is 3.59. The fraction of sp³-hybridized carbons (Fsp3) is 0.133. The maximum atomic E-state index is 12.8. The van der Waals surface area contributed by atoms with E-state index in [-0.39, 0.29) is 17.5 Å². The number of furan rings is 1. The van der Waals surface area contributed by atoms with Crippen LogP contribution in [0.4, 0.5) is 10.1 Å². The zero-order valence-corrected chi connectivity index (χ0v) is 13.0. The van der Waals surface area contributed by atoms with Gasteiger partial charge < -0.3 is 14.3 Å². The fourth-order valence-corrected chi connectivity index (χ4v) is 2.63. The molecule has 0 radical (unpaired) electrons. The number of nitrogens with zero attached hydrogens (tertiary/aromatic N) is 3. The number of amides is 1. The molecule has 0 aliphatic rings. The van der Waals surface area contributed by atoms with Crippen LogP contribution >= 0.6 is 11.8 Å². The highest BCUT2D eigenvalue weighted by Crippen LogP contribution is 2.22. The molecule has 1 aromatic carbocycles. The van der Waals surface area contributed by atoms with E-state index < -0.39 is 0 Å². The lowest BCUT2D eigenvalue weighted by Gasteiger charge is -2.05. The number of nitrogens with one attached hydrogen (secondary N) is 1. The van der Waals surface area contributed by atoms with E-state index in [4.69, 9.17) is 4.42 Å². The number of thioether (sulfide) groups is 1. The summed E-state index contributed by atoms with van der Waals surface area (Å²) >= 11 is 1.26. The lowest BCUT2D eigenvalue weighted by Crippen LogP contribution is -2.14. The summed E-state index contributed by atoms with van der Waals surface area (Å²) in [7, 11) is 1.80. The first-order valence-corrected chi connectivity index (χ1v) is 7.73. The van der Waals surface area contributed by atoms with E-state index in [1.54, 1.807) is 30.0 Å². The molecule has 0 unspecified atom stereocenters. The fourth-order valence-electron chi connectivity index (χ4n) is 1.92. The summed E-state index contributed by atoms with van der Waals surface area (Å²) in [4.78, 5) is 11.9. The molecule has 0 saturated heterocycles. The molecule has 2 aromatic heterocycles. The van der Waals surface area contributed by atoms with Gasteiger partial charge >= 0.3 is 0 Å². The molecule has 8 heteroatoms. The SMILES string of the molecule is Cn1c(SCC(=O)Nc2ccc(F)cc2)nnc1-c1ccco1.